The summed E-state index contributed by atoms with van der Waals surface area (Å²) in [5, 5.41) is 2.60. The van der Waals surface area contributed by atoms with Crippen LogP contribution in [0.3, 0.4) is 0 Å². The Morgan fingerprint density at radius 2 is 1.47 bits per heavy atom. The van der Waals surface area contributed by atoms with Crippen LogP contribution in [0, 0.1) is 5.92 Å². The number of nitrogens with one attached hydrogen (secondary N) is 1. The number of imide groups is 1. The predicted octanol–water partition coefficient (Wildman–Crippen LogP) is 5.53. The van der Waals surface area contributed by atoms with E-state index in [0.29, 0.717) is 70.7 Å². The Morgan fingerprint density at radius 3 is 2.04 bits per heavy atom. The lowest BCUT2D eigenvalue weighted by Crippen LogP contribution is -2.51. The molecular weight excluding hydrogens is 606 g/mol. The van der Waals surface area contributed by atoms with E-state index in [1.807, 2.05) is 30.3 Å². The van der Waals surface area contributed by atoms with E-state index in [-0.39, 0.29) is 48.4 Å². The standard InChI is InChI=1S/C31H34F6N4O4/c32-30(33,34)23-16-20(17-24(18-23)31(35,36)37)9-15-45-26-8-13-40(19-25(26)21-4-2-1-3-5-21)27(42)22-6-11-39(12-7-22)29(44)41-14-10-38-28(41)43/h1-5,16-18,22,25-26H,6-15,19H2,(H,38,43)/t25-,26-/m0/s1. The largest absolute Gasteiger partial charge is 0.416 e. The van der Waals surface area contributed by atoms with Gasteiger partial charge in [0.1, 0.15) is 0 Å². The number of carbonyl (C=O) groups is 3. The molecule has 0 aliphatic carbocycles. The van der Waals surface area contributed by atoms with Gasteiger partial charge in [0.05, 0.1) is 23.8 Å². The van der Waals surface area contributed by atoms with E-state index in [1.165, 1.54) is 4.90 Å². The van der Waals surface area contributed by atoms with Crippen molar-refractivity contribution in [3.8, 4) is 0 Å². The normalized spacial score (nSPS) is 21.6. The maximum Gasteiger partial charge on any atom is 0.416 e. The summed E-state index contributed by atoms with van der Waals surface area (Å²) in [6.07, 6.45) is -9.05. The second kappa shape index (κ2) is 13.3. The maximum atomic E-state index is 13.6. The molecule has 5 rings (SSSR count). The second-order valence-electron chi connectivity index (χ2n) is 11.6. The number of alkyl halides is 6. The minimum absolute atomic E-state index is 0.0379. The van der Waals surface area contributed by atoms with Crippen molar-refractivity contribution >= 4 is 18.0 Å². The van der Waals surface area contributed by atoms with Gasteiger partial charge in [-0.15, -0.1) is 0 Å². The number of hydrogen-bond donors (Lipinski definition) is 1. The third-order valence-corrected chi connectivity index (χ3v) is 8.66. The zero-order chi connectivity index (χ0) is 32.4. The van der Waals surface area contributed by atoms with E-state index in [0.717, 1.165) is 5.56 Å². The van der Waals surface area contributed by atoms with Crippen LogP contribution in [0.5, 0.6) is 0 Å². The van der Waals surface area contributed by atoms with Crippen LogP contribution in [0.4, 0.5) is 35.9 Å². The lowest BCUT2D eigenvalue weighted by atomic mass is 9.86. The Bertz CT molecular complexity index is 1350. The molecule has 3 aliphatic rings. The van der Waals surface area contributed by atoms with Gasteiger partial charge in [-0.1, -0.05) is 30.3 Å². The highest BCUT2D eigenvalue weighted by Crippen LogP contribution is 2.37. The zero-order valence-corrected chi connectivity index (χ0v) is 24.4. The molecule has 0 saturated carbocycles. The molecular formula is C31H34F6N4O4. The molecule has 3 fully saturated rings. The molecule has 2 atom stereocenters. The van der Waals surface area contributed by atoms with Gasteiger partial charge in [-0.2, -0.15) is 26.3 Å². The number of ether oxygens (including phenoxy) is 1. The average Bonchev–Trinajstić information content (AvgIpc) is 3.45. The Labute approximate surface area is 256 Å². The third kappa shape index (κ3) is 7.71. The van der Waals surface area contributed by atoms with Crippen molar-refractivity contribution in [3.05, 3.63) is 70.8 Å². The Kier molecular flexibility index (Phi) is 9.61. The van der Waals surface area contributed by atoms with Gasteiger partial charge in [0.25, 0.3) is 0 Å². The van der Waals surface area contributed by atoms with Crippen molar-refractivity contribution in [2.24, 2.45) is 5.92 Å². The molecule has 244 valence electrons. The molecule has 2 aromatic rings. The van der Waals surface area contributed by atoms with E-state index < -0.39 is 35.6 Å². The number of rotatable bonds is 6. The second-order valence-corrected chi connectivity index (χ2v) is 11.6. The first kappa shape index (κ1) is 32.6. The molecule has 2 aromatic carbocycles. The minimum atomic E-state index is -4.93. The lowest BCUT2D eigenvalue weighted by molar-refractivity contribution is -0.143. The first-order valence-electron chi connectivity index (χ1n) is 14.9. The van der Waals surface area contributed by atoms with Gasteiger partial charge in [0, 0.05) is 51.1 Å². The predicted molar refractivity (Wildman–Crippen MR) is 150 cm³/mol. The first-order chi connectivity index (χ1) is 21.3. The number of amides is 5. The van der Waals surface area contributed by atoms with Crippen LogP contribution in [-0.2, 0) is 28.3 Å². The summed E-state index contributed by atoms with van der Waals surface area (Å²) in [6.45, 7) is 2.04. The zero-order valence-electron chi connectivity index (χ0n) is 24.4. The number of nitrogens with zero attached hydrogens (tertiary/aromatic N) is 3. The van der Waals surface area contributed by atoms with Crippen molar-refractivity contribution < 1.29 is 45.5 Å². The van der Waals surface area contributed by atoms with Crippen LogP contribution in [0.25, 0.3) is 0 Å². The van der Waals surface area contributed by atoms with E-state index in [9.17, 15) is 40.7 Å². The number of carbonyl (C=O) groups excluding carboxylic acids is 3. The Balaban J connectivity index is 1.21. The number of halogens is 6. The summed E-state index contributed by atoms with van der Waals surface area (Å²) in [4.78, 5) is 42.7. The molecule has 8 nitrogen and oxygen atoms in total. The van der Waals surface area contributed by atoms with Gasteiger partial charge in [-0.05, 0) is 55.0 Å². The summed E-state index contributed by atoms with van der Waals surface area (Å²) in [6, 6.07) is 10.1. The van der Waals surface area contributed by atoms with Crippen molar-refractivity contribution in [2.45, 2.75) is 50.1 Å². The fourth-order valence-corrected chi connectivity index (χ4v) is 6.24. The van der Waals surface area contributed by atoms with Crippen molar-refractivity contribution in [3.63, 3.8) is 0 Å². The maximum absolute atomic E-state index is 13.6. The minimum Gasteiger partial charge on any atom is -0.377 e. The summed E-state index contributed by atoms with van der Waals surface area (Å²) < 4.78 is 85.8. The van der Waals surface area contributed by atoms with Crippen molar-refractivity contribution in [2.75, 3.05) is 45.9 Å². The van der Waals surface area contributed by atoms with Crippen molar-refractivity contribution in [1.82, 2.24) is 20.0 Å². The average molecular weight is 641 g/mol. The van der Waals surface area contributed by atoms with Gasteiger partial charge >= 0.3 is 24.4 Å². The molecule has 0 aromatic heterocycles. The number of urea groups is 2. The summed E-state index contributed by atoms with van der Waals surface area (Å²) in [5.41, 5.74) is -1.95. The van der Waals surface area contributed by atoms with Gasteiger partial charge in [0.15, 0.2) is 0 Å². The van der Waals surface area contributed by atoms with Gasteiger partial charge in [-0.3, -0.25) is 4.79 Å². The molecule has 1 N–H and O–H groups in total. The third-order valence-electron chi connectivity index (χ3n) is 8.66. The summed E-state index contributed by atoms with van der Waals surface area (Å²) >= 11 is 0. The van der Waals surface area contributed by atoms with Gasteiger partial charge in [0.2, 0.25) is 5.91 Å². The fraction of sp³-hybridized carbons (Fsp3) is 0.516. The molecule has 0 spiro atoms. The van der Waals surface area contributed by atoms with Crippen LogP contribution < -0.4 is 5.32 Å². The SMILES string of the molecule is O=C(C1CCN(C(=O)N2CCNC2=O)CC1)N1CC[C@H](OCCc2cc(C(F)(F)F)cc(C(F)(F)F)c2)[C@H](c2ccccc2)C1. The van der Waals surface area contributed by atoms with Crippen LogP contribution in [0.2, 0.25) is 0 Å². The fourth-order valence-electron chi connectivity index (χ4n) is 6.24. The molecule has 3 aliphatic heterocycles. The summed E-state index contributed by atoms with van der Waals surface area (Å²) in [5.74, 6) is -0.588. The molecule has 45 heavy (non-hydrogen) atoms. The highest BCUT2D eigenvalue weighted by atomic mass is 19.4. The van der Waals surface area contributed by atoms with Crippen LogP contribution in [0.1, 0.15) is 47.4 Å². The van der Waals surface area contributed by atoms with E-state index >= 15 is 0 Å². The number of hydrogen-bond acceptors (Lipinski definition) is 4. The highest BCUT2D eigenvalue weighted by Gasteiger charge is 2.39. The van der Waals surface area contributed by atoms with E-state index in [1.54, 1.807) is 9.80 Å². The summed E-state index contributed by atoms with van der Waals surface area (Å²) in [7, 11) is 0. The van der Waals surface area contributed by atoms with Gasteiger partial charge in [-0.25, -0.2) is 14.5 Å². The van der Waals surface area contributed by atoms with Crippen LogP contribution >= 0.6 is 0 Å². The van der Waals surface area contributed by atoms with Crippen molar-refractivity contribution in [1.29, 1.82) is 0 Å². The lowest BCUT2D eigenvalue weighted by Gasteiger charge is -2.41. The van der Waals surface area contributed by atoms with E-state index in [2.05, 4.69) is 5.32 Å². The number of likely N-dealkylation sites (tertiary alicyclic amines) is 2. The highest BCUT2D eigenvalue weighted by molar-refractivity contribution is 5.95. The smallest absolute Gasteiger partial charge is 0.377 e. The molecule has 3 heterocycles. The number of piperidine rings is 2. The molecule has 0 radical (unpaired) electrons. The monoisotopic (exact) mass is 640 g/mol. The molecule has 14 heteroatoms. The topological polar surface area (TPSA) is 82.2 Å². The van der Waals surface area contributed by atoms with Crippen LogP contribution in [-0.4, -0.2) is 84.6 Å². The van der Waals surface area contributed by atoms with Crippen LogP contribution in [0.15, 0.2) is 48.5 Å². The molecule has 0 unspecified atom stereocenters. The number of benzene rings is 2. The molecule has 0 bridgehead atoms. The Morgan fingerprint density at radius 1 is 0.844 bits per heavy atom. The quantitative estimate of drug-likeness (QED) is 0.422. The molecule has 3 saturated heterocycles. The molecule has 5 amide bonds. The Hall–Kier alpha value is -3.81. The van der Waals surface area contributed by atoms with Gasteiger partial charge < -0.3 is 19.9 Å². The van der Waals surface area contributed by atoms with E-state index in [4.69, 9.17) is 4.74 Å². The first-order valence-corrected chi connectivity index (χ1v) is 14.9.